The molecule has 1 aliphatic rings. The van der Waals surface area contributed by atoms with E-state index in [1.54, 1.807) is 19.3 Å². The van der Waals surface area contributed by atoms with Gasteiger partial charge in [0.25, 0.3) is 5.56 Å². The third-order valence-electron chi connectivity index (χ3n) is 4.97. The van der Waals surface area contributed by atoms with E-state index in [9.17, 15) is 9.18 Å². The van der Waals surface area contributed by atoms with Crippen molar-refractivity contribution in [2.75, 3.05) is 18.4 Å². The number of hydrogen-bond donors (Lipinski definition) is 2. The second kappa shape index (κ2) is 6.78. The molecule has 5 nitrogen and oxygen atoms in total. The fraction of sp³-hybridized carbons (Fsp3) is 0.263. The average Bonchev–Trinajstić information content (AvgIpc) is 3.11. The Balaban J connectivity index is 1.84. The smallest absolute Gasteiger partial charge is 0.276 e. The van der Waals surface area contributed by atoms with Gasteiger partial charge >= 0.3 is 0 Å². The van der Waals surface area contributed by atoms with Gasteiger partial charge in [-0.3, -0.25) is 4.79 Å². The molecular weight excluding hydrogens is 390 g/mol. The van der Waals surface area contributed by atoms with Crippen molar-refractivity contribution < 1.29 is 4.39 Å². The Morgan fingerprint density at radius 1 is 1.26 bits per heavy atom. The highest BCUT2D eigenvalue weighted by molar-refractivity contribution is 6.42. The largest absolute Gasteiger partial charge is 0.359 e. The van der Waals surface area contributed by atoms with Crippen LogP contribution in [0.3, 0.4) is 0 Å². The summed E-state index contributed by atoms with van der Waals surface area (Å²) in [6.45, 7) is 1.14. The molecule has 0 bridgehead atoms. The second-order valence-electron chi connectivity index (χ2n) is 6.72. The van der Waals surface area contributed by atoms with Crippen molar-refractivity contribution in [1.82, 2.24) is 14.9 Å². The molecule has 3 heterocycles. The van der Waals surface area contributed by atoms with E-state index in [0.29, 0.717) is 41.4 Å². The van der Waals surface area contributed by atoms with Crippen molar-refractivity contribution >= 4 is 39.9 Å². The van der Waals surface area contributed by atoms with Crippen molar-refractivity contribution in [3.8, 4) is 0 Å². The van der Waals surface area contributed by atoms with Gasteiger partial charge in [0.05, 0.1) is 15.6 Å². The highest BCUT2D eigenvalue weighted by atomic mass is 35.5. The molecule has 0 radical (unpaired) electrons. The van der Waals surface area contributed by atoms with Gasteiger partial charge in [-0.05, 0) is 43.3 Å². The first-order valence-electron chi connectivity index (χ1n) is 8.50. The van der Waals surface area contributed by atoms with Gasteiger partial charge in [0.15, 0.2) is 0 Å². The van der Waals surface area contributed by atoms with Gasteiger partial charge in [-0.1, -0.05) is 23.2 Å². The third-order valence-corrected chi connectivity index (χ3v) is 5.78. The number of fused-ring (bicyclic) bond motifs is 1. The predicted molar refractivity (Wildman–Crippen MR) is 106 cm³/mol. The summed E-state index contributed by atoms with van der Waals surface area (Å²) >= 11 is 12.5. The third kappa shape index (κ3) is 3.08. The van der Waals surface area contributed by atoms with Gasteiger partial charge in [0.2, 0.25) is 0 Å². The Morgan fingerprint density at radius 2 is 2.07 bits per heavy atom. The quantitative estimate of drug-likeness (QED) is 0.651. The fourth-order valence-electron chi connectivity index (χ4n) is 3.56. The Labute approximate surface area is 165 Å². The zero-order chi connectivity index (χ0) is 19.2. The highest BCUT2D eigenvalue weighted by Gasteiger charge is 2.40. The second-order valence-corrected chi connectivity index (χ2v) is 7.50. The van der Waals surface area contributed by atoms with E-state index >= 15 is 0 Å². The summed E-state index contributed by atoms with van der Waals surface area (Å²) in [4.78, 5) is 16.9. The van der Waals surface area contributed by atoms with Crippen molar-refractivity contribution in [2.24, 2.45) is 7.05 Å². The number of nitrogens with one attached hydrogen (secondary N) is 2. The first kappa shape index (κ1) is 18.2. The van der Waals surface area contributed by atoms with Crippen molar-refractivity contribution in [3.05, 3.63) is 68.3 Å². The maximum absolute atomic E-state index is 14.7. The van der Waals surface area contributed by atoms with Crippen LogP contribution in [0.5, 0.6) is 0 Å². The van der Waals surface area contributed by atoms with Gasteiger partial charge in [0.1, 0.15) is 17.2 Å². The fourth-order valence-corrected chi connectivity index (χ4v) is 4.05. The summed E-state index contributed by atoms with van der Waals surface area (Å²) in [7, 11) is 1.67. The molecule has 1 saturated heterocycles. The molecule has 2 N–H and O–H groups in total. The lowest BCUT2D eigenvalue weighted by Gasteiger charge is -2.32. The summed E-state index contributed by atoms with van der Waals surface area (Å²) in [6.07, 6.45) is 2.29. The number of aromatic nitrogens is 2. The number of pyridine rings is 2. The number of nitrogens with zero attached hydrogens (tertiary/aromatic N) is 2. The minimum Gasteiger partial charge on any atom is -0.359 e. The van der Waals surface area contributed by atoms with Crippen LogP contribution < -0.4 is 16.2 Å². The summed E-state index contributed by atoms with van der Waals surface area (Å²) < 4.78 is 16.2. The first-order chi connectivity index (χ1) is 12.9. The molecule has 1 aromatic carbocycles. The Kier molecular flexibility index (Phi) is 4.58. The van der Waals surface area contributed by atoms with Crippen LogP contribution in [0.15, 0.2) is 41.3 Å². The lowest BCUT2D eigenvalue weighted by atomic mass is 9.88. The summed E-state index contributed by atoms with van der Waals surface area (Å²) in [5.74, 6) is 0.0437. The zero-order valence-electron chi connectivity index (χ0n) is 14.5. The Bertz CT molecular complexity index is 1090. The maximum atomic E-state index is 14.7. The van der Waals surface area contributed by atoms with Crippen LogP contribution in [0.4, 0.5) is 10.2 Å². The Hall–Kier alpha value is -2.15. The molecule has 140 valence electrons. The van der Waals surface area contributed by atoms with Gasteiger partial charge < -0.3 is 15.2 Å². The number of anilines is 1. The van der Waals surface area contributed by atoms with Gasteiger partial charge in [-0.15, -0.1) is 0 Å². The SMILES string of the molecule is Cn1ccc2ccc(N[C@]3(c4c(F)ccc(Cl)c4Cl)CCNC3)nc2c1=O. The molecule has 0 spiro atoms. The number of aryl methyl sites for hydroxylation is 1. The van der Waals surface area contributed by atoms with E-state index in [1.165, 1.54) is 16.7 Å². The lowest BCUT2D eigenvalue weighted by Crippen LogP contribution is -2.39. The standard InChI is InChI=1S/C19H17Cl2FN4O/c1-26-9-6-11-2-5-14(24-17(11)18(26)27)25-19(7-8-23-10-19)15-13(22)4-3-12(20)16(15)21/h2-6,9,23H,7-8,10H2,1H3,(H,24,25)/t19-/m1/s1. The summed E-state index contributed by atoms with van der Waals surface area (Å²) in [5, 5.41) is 7.77. The molecule has 4 rings (SSSR count). The molecule has 1 atom stereocenters. The van der Waals surface area contributed by atoms with Crippen molar-refractivity contribution in [2.45, 2.75) is 12.0 Å². The van der Waals surface area contributed by atoms with E-state index < -0.39 is 11.4 Å². The van der Waals surface area contributed by atoms with Crippen LogP contribution in [-0.2, 0) is 12.6 Å². The molecule has 0 amide bonds. The summed E-state index contributed by atoms with van der Waals surface area (Å²) in [5.41, 5.74) is -0.345. The van der Waals surface area contributed by atoms with Crippen LogP contribution in [0.25, 0.3) is 10.9 Å². The normalized spacial score (nSPS) is 19.6. The number of hydrogen-bond acceptors (Lipinski definition) is 4. The minimum atomic E-state index is -0.813. The average molecular weight is 407 g/mol. The van der Waals surface area contributed by atoms with E-state index in [2.05, 4.69) is 15.6 Å². The number of benzene rings is 1. The lowest BCUT2D eigenvalue weighted by molar-refractivity contribution is 0.494. The van der Waals surface area contributed by atoms with E-state index in [4.69, 9.17) is 23.2 Å². The molecule has 1 fully saturated rings. The molecule has 2 aromatic heterocycles. The molecular formula is C19H17Cl2FN4O. The molecule has 1 aliphatic heterocycles. The van der Waals surface area contributed by atoms with E-state index in [0.717, 1.165) is 5.39 Å². The molecule has 0 aliphatic carbocycles. The van der Waals surface area contributed by atoms with E-state index in [1.807, 2.05) is 12.1 Å². The van der Waals surface area contributed by atoms with Gasteiger partial charge in [-0.25, -0.2) is 9.37 Å². The van der Waals surface area contributed by atoms with Crippen LogP contribution in [0.1, 0.15) is 12.0 Å². The zero-order valence-corrected chi connectivity index (χ0v) is 16.0. The maximum Gasteiger partial charge on any atom is 0.276 e. The topological polar surface area (TPSA) is 59.0 Å². The molecule has 0 unspecified atom stereocenters. The van der Waals surface area contributed by atoms with E-state index in [-0.39, 0.29) is 10.6 Å². The predicted octanol–water partition coefficient (Wildman–Crippen LogP) is 3.68. The minimum absolute atomic E-state index is 0.185. The first-order valence-corrected chi connectivity index (χ1v) is 9.26. The monoisotopic (exact) mass is 406 g/mol. The van der Waals surface area contributed by atoms with Gasteiger partial charge in [-0.2, -0.15) is 0 Å². The summed E-state index contributed by atoms with van der Waals surface area (Å²) in [6, 6.07) is 8.18. The Morgan fingerprint density at radius 3 is 2.81 bits per heavy atom. The molecule has 0 saturated carbocycles. The number of halogens is 3. The highest BCUT2D eigenvalue weighted by Crippen LogP contribution is 2.40. The van der Waals surface area contributed by atoms with Crippen LogP contribution in [0.2, 0.25) is 10.0 Å². The van der Waals surface area contributed by atoms with Crippen LogP contribution in [-0.4, -0.2) is 22.6 Å². The van der Waals surface area contributed by atoms with Crippen LogP contribution >= 0.6 is 23.2 Å². The van der Waals surface area contributed by atoms with Crippen molar-refractivity contribution in [1.29, 1.82) is 0 Å². The van der Waals surface area contributed by atoms with Crippen molar-refractivity contribution in [3.63, 3.8) is 0 Å². The molecule has 8 heteroatoms. The van der Waals surface area contributed by atoms with Crippen LogP contribution in [0, 0.1) is 5.82 Å². The molecule has 27 heavy (non-hydrogen) atoms. The number of rotatable bonds is 3. The van der Waals surface area contributed by atoms with Gasteiger partial charge in [0, 0.05) is 30.7 Å². The molecule has 3 aromatic rings.